The number of pyridine rings is 1. The fourth-order valence-corrected chi connectivity index (χ4v) is 2.89. The summed E-state index contributed by atoms with van der Waals surface area (Å²) in [5.41, 5.74) is 1.25. The Morgan fingerprint density at radius 3 is 2.65 bits per heavy atom. The third-order valence-electron chi connectivity index (χ3n) is 4.47. The molecule has 0 spiro atoms. The highest BCUT2D eigenvalue weighted by molar-refractivity contribution is 5.80. The van der Waals surface area contributed by atoms with Gasteiger partial charge in [0.05, 0.1) is 5.92 Å². The van der Waals surface area contributed by atoms with E-state index in [2.05, 4.69) is 28.2 Å². The van der Waals surface area contributed by atoms with E-state index in [1.54, 1.807) is 6.20 Å². The van der Waals surface area contributed by atoms with Crippen LogP contribution in [0.4, 0.5) is 0 Å². The van der Waals surface area contributed by atoms with Crippen molar-refractivity contribution in [2.75, 3.05) is 39.3 Å². The molecule has 2 aliphatic rings. The molecule has 0 saturated carbocycles. The smallest absolute Gasteiger partial charge is 0.228 e. The largest absolute Gasteiger partial charge is 0.340 e. The van der Waals surface area contributed by atoms with Crippen LogP contribution in [0.2, 0.25) is 0 Å². The minimum absolute atomic E-state index is 0.220. The zero-order valence-corrected chi connectivity index (χ0v) is 12.0. The molecule has 20 heavy (non-hydrogen) atoms. The molecule has 2 aliphatic heterocycles. The Labute approximate surface area is 120 Å². The zero-order valence-electron chi connectivity index (χ0n) is 12.0. The molecule has 1 unspecified atom stereocenters. The van der Waals surface area contributed by atoms with Gasteiger partial charge in [-0.05, 0) is 18.6 Å². The van der Waals surface area contributed by atoms with Crippen molar-refractivity contribution in [2.45, 2.75) is 13.0 Å². The minimum Gasteiger partial charge on any atom is -0.340 e. The van der Waals surface area contributed by atoms with Crippen LogP contribution in [0.25, 0.3) is 0 Å². The van der Waals surface area contributed by atoms with Gasteiger partial charge in [-0.15, -0.1) is 0 Å². The molecule has 2 fully saturated rings. The van der Waals surface area contributed by atoms with Crippen LogP contribution in [-0.4, -0.2) is 60.0 Å². The van der Waals surface area contributed by atoms with Gasteiger partial charge in [-0.2, -0.15) is 0 Å². The van der Waals surface area contributed by atoms with E-state index in [1.807, 2.05) is 17.2 Å². The van der Waals surface area contributed by atoms with Crippen LogP contribution < -0.4 is 5.32 Å². The second-order valence-electron chi connectivity index (χ2n) is 5.68. The van der Waals surface area contributed by atoms with Crippen LogP contribution >= 0.6 is 0 Å². The maximum absolute atomic E-state index is 12.2. The third kappa shape index (κ3) is 2.69. The fourth-order valence-electron chi connectivity index (χ4n) is 2.89. The minimum atomic E-state index is 0.220. The molecule has 1 aromatic rings. The number of hydrogen-bond donors (Lipinski definition) is 1. The summed E-state index contributed by atoms with van der Waals surface area (Å²) < 4.78 is 0. The molecule has 0 radical (unpaired) electrons. The van der Waals surface area contributed by atoms with Gasteiger partial charge in [0.15, 0.2) is 0 Å². The van der Waals surface area contributed by atoms with E-state index in [1.165, 1.54) is 5.56 Å². The van der Waals surface area contributed by atoms with Crippen molar-refractivity contribution < 1.29 is 4.79 Å². The number of rotatable bonds is 3. The predicted molar refractivity (Wildman–Crippen MR) is 77.2 cm³/mol. The van der Waals surface area contributed by atoms with Crippen LogP contribution in [-0.2, 0) is 4.79 Å². The molecule has 0 aliphatic carbocycles. The second-order valence-corrected chi connectivity index (χ2v) is 5.68. The lowest BCUT2D eigenvalue weighted by molar-refractivity contribution is -0.139. The standard InChI is InChI=1S/C15H22N4O/c1-12(13-3-2-4-16-9-13)18-5-7-19(8-6-18)15(20)14-10-17-11-14/h2-4,9,12,14,17H,5-8,10-11H2,1H3. The maximum Gasteiger partial charge on any atom is 0.228 e. The Bertz CT molecular complexity index is 452. The van der Waals surface area contributed by atoms with Crippen molar-refractivity contribution in [2.24, 2.45) is 5.92 Å². The molecule has 5 heteroatoms. The monoisotopic (exact) mass is 274 g/mol. The van der Waals surface area contributed by atoms with E-state index >= 15 is 0 Å². The van der Waals surface area contributed by atoms with E-state index in [-0.39, 0.29) is 5.92 Å². The number of nitrogens with zero attached hydrogens (tertiary/aromatic N) is 3. The SMILES string of the molecule is CC(c1cccnc1)N1CCN(C(=O)C2CNC2)CC1. The summed E-state index contributed by atoms with van der Waals surface area (Å²) >= 11 is 0. The van der Waals surface area contributed by atoms with E-state index in [4.69, 9.17) is 0 Å². The highest BCUT2D eigenvalue weighted by atomic mass is 16.2. The molecule has 108 valence electrons. The van der Waals surface area contributed by atoms with Crippen molar-refractivity contribution in [1.29, 1.82) is 0 Å². The van der Waals surface area contributed by atoms with Crippen LogP contribution in [0.5, 0.6) is 0 Å². The summed E-state index contributed by atoms with van der Waals surface area (Å²) in [6.07, 6.45) is 3.74. The number of aromatic nitrogens is 1. The van der Waals surface area contributed by atoms with Gasteiger partial charge < -0.3 is 10.2 Å². The Kier molecular flexibility index (Phi) is 3.98. The van der Waals surface area contributed by atoms with E-state index in [9.17, 15) is 4.79 Å². The first kappa shape index (κ1) is 13.5. The highest BCUT2D eigenvalue weighted by Gasteiger charge is 2.31. The van der Waals surface area contributed by atoms with Crippen molar-refractivity contribution in [1.82, 2.24) is 20.1 Å². The second kappa shape index (κ2) is 5.89. The van der Waals surface area contributed by atoms with Crippen molar-refractivity contribution >= 4 is 5.91 Å². The molecule has 1 atom stereocenters. The number of carbonyl (C=O) groups is 1. The van der Waals surface area contributed by atoms with Crippen molar-refractivity contribution in [3.8, 4) is 0 Å². The average Bonchev–Trinajstić information content (AvgIpc) is 2.46. The van der Waals surface area contributed by atoms with Gasteiger partial charge in [-0.3, -0.25) is 14.7 Å². The number of nitrogens with one attached hydrogen (secondary N) is 1. The molecule has 5 nitrogen and oxygen atoms in total. The fraction of sp³-hybridized carbons (Fsp3) is 0.600. The summed E-state index contributed by atoms with van der Waals surface area (Å²) in [5, 5.41) is 3.16. The van der Waals surface area contributed by atoms with Crippen LogP contribution in [0, 0.1) is 5.92 Å². The lowest BCUT2D eigenvalue weighted by atomic mass is 10.0. The first-order valence-corrected chi connectivity index (χ1v) is 7.39. The van der Waals surface area contributed by atoms with Gasteiger partial charge in [0.25, 0.3) is 0 Å². The van der Waals surface area contributed by atoms with Gasteiger partial charge >= 0.3 is 0 Å². The van der Waals surface area contributed by atoms with E-state index < -0.39 is 0 Å². The van der Waals surface area contributed by atoms with Gasteiger partial charge in [-0.1, -0.05) is 6.07 Å². The highest BCUT2D eigenvalue weighted by Crippen LogP contribution is 2.21. The Balaban J connectivity index is 1.54. The van der Waals surface area contributed by atoms with Crippen LogP contribution in [0.3, 0.4) is 0 Å². The molecular formula is C15H22N4O. The average molecular weight is 274 g/mol. The maximum atomic E-state index is 12.2. The molecule has 3 heterocycles. The summed E-state index contributed by atoms with van der Waals surface area (Å²) in [6.45, 7) is 7.50. The number of piperazine rings is 1. The molecule has 1 amide bonds. The molecule has 1 aromatic heterocycles. The summed E-state index contributed by atoms with van der Waals surface area (Å²) in [6, 6.07) is 4.47. The van der Waals surface area contributed by atoms with Gasteiger partial charge in [0.2, 0.25) is 5.91 Å². The molecule has 2 saturated heterocycles. The Morgan fingerprint density at radius 2 is 2.10 bits per heavy atom. The summed E-state index contributed by atoms with van der Waals surface area (Å²) in [4.78, 5) is 20.8. The quantitative estimate of drug-likeness (QED) is 0.872. The van der Waals surface area contributed by atoms with Gasteiger partial charge in [-0.25, -0.2) is 0 Å². The number of carbonyl (C=O) groups excluding carboxylic acids is 1. The molecule has 3 rings (SSSR count). The predicted octanol–water partition coefficient (Wildman–Crippen LogP) is 0.506. The summed E-state index contributed by atoms with van der Waals surface area (Å²) in [5.74, 6) is 0.551. The lowest BCUT2D eigenvalue weighted by Gasteiger charge is -2.40. The molecule has 1 N–H and O–H groups in total. The lowest BCUT2D eigenvalue weighted by Crippen LogP contribution is -2.56. The van der Waals surface area contributed by atoms with Gasteiger partial charge in [0.1, 0.15) is 0 Å². The van der Waals surface area contributed by atoms with Crippen molar-refractivity contribution in [3.05, 3.63) is 30.1 Å². The Morgan fingerprint density at radius 1 is 1.35 bits per heavy atom. The van der Waals surface area contributed by atoms with E-state index in [0.29, 0.717) is 11.9 Å². The number of amides is 1. The van der Waals surface area contributed by atoms with Crippen LogP contribution in [0.15, 0.2) is 24.5 Å². The Hall–Kier alpha value is -1.46. The third-order valence-corrected chi connectivity index (χ3v) is 4.47. The zero-order chi connectivity index (χ0) is 13.9. The first-order chi connectivity index (χ1) is 9.75. The number of hydrogen-bond acceptors (Lipinski definition) is 4. The first-order valence-electron chi connectivity index (χ1n) is 7.39. The molecule has 0 aromatic carbocycles. The van der Waals surface area contributed by atoms with Crippen molar-refractivity contribution in [3.63, 3.8) is 0 Å². The summed E-state index contributed by atoms with van der Waals surface area (Å²) in [7, 11) is 0. The van der Waals surface area contributed by atoms with E-state index in [0.717, 1.165) is 39.3 Å². The molecule has 0 bridgehead atoms. The molecular weight excluding hydrogens is 252 g/mol. The normalized spacial score (nSPS) is 22.4. The van der Waals surface area contributed by atoms with Gasteiger partial charge in [0, 0.05) is 57.7 Å². The van der Waals surface area contributed by atoms with Crippen LogP contribution in [0.1, 0.15) is 18.5 Å². The topological polar surface area (TPSA) is 48.5 Å².